The molecule has 2 N–H and O–H groups in total. The van der Waals surface area contributed by atoms with Crippen LogP contribution in [0, 0.1) is 24.2 Å². The van der Waals surface area contributed by atoms with Gasteiger partial charge >= 0.3 is 11.7 Å². The maximum absolute atomic E-state index is 12.3. The molecule has 0 aromatic carbocycles. The summed E-state index contributed by atoms with van der Waals surface area (Å²) in [4.78, 5) is 38.0. The summed E-state index contributed by atoms with van der Waals surface area (Å²) in [5.74, 6) is -1.63. The van der Waals surface area contributed by atoms with E-state index in [0.717, 1.165) is 15.9 Å². The highest BCUT2D eigenvalue weighted by Gasteiger charge is 2.20. The number of aromatic nitrogens is 2. The van der Waals surface area contributed by atoms with Crippen LogP contribution in [-0.2, 0) is 6.54 Å². The minimum Gasteiger partial charge on any atom is -0.477 e. The van der Waals surface area contributed by atoms with E-state index in [1.54, 1.807) is 6.92 Å². The number of hydrogen-bond donors (Lipinski definition) is 2. The Morgan fingerprint density at radius 1 is 1.55 bits per heavy atom. The van der Waals surface area contributed by atoms with Crippen molar-refractivity contribution in [3.05, 3.63) is 31.3 Å². The molecule has 2 heterocycles. The number of carboxylic acid groups (broad SMARTS) is 1. The normalized spacial score (nSPS) is 12.2. The molecule has 1 atom stereocenters. The largest absolute Gasteiger partial charge is 0.477 e. The number of aryl methyl sites for hydroxylation is 1. The first-order chi connectivity index (χ1) is 9.36. The van der Waals surface area contributed by atoms with Crippen molar-refractivity contribution in [2.75, 3.05) is 0 Å². The average molecular weight is 293 g/mol. The number of nitriles is 1. The number of fused-ring (bicyclic) bond motifs is 1. The van der Waals surface area contributed by atoms with Crippen molar-refractivity contribution in [3.8, 4) is 6.07 Å². The van der Waals surface area contributed by atoms with Crippen LogP contribution in [0.15, 0.2) is 9.59 Å². The number of carboxylic acids is 1. The van der Waals surface area contributed by atoms with Gasteiger partial charge < -0.3 is 5.11 Å². The maximum atomic E-state index is 12.3. The highest BCUT2D eigenvalue weighted by Crippen LogP contribution is 2.26. The van der Waals surface area contributed by atoms with Gasteiger partial charge in [0.05, 0.1) is 17.4 Å². The fourth-order valence-corrected chi connectivity index (χ4v) is 2.96. The summed E-state index contributed by atoms with van der Waals surface area (Å²) in [5.41, 5.74) is -0.869. The highest BCUT2D eigenvalue weighted by molar-refractivity contribution is 7.20. The Kier molecular flexibility index (Phi) is 3.46. The molecule has 0 spiro atoms. The van der Waals surface area contributed by atoms with Crippen molar-refractivity contribution in [2.24, 2.45) is 5.92 Å². The zero-order valence-electron chi connectivity index (χ0n) is 10.8. The third kappa shape index (κ3) is 2.12. The van der Waals surface area contributed by atoms with Crippen LogP contribution in [-0.4, -0.2) is 20.6 Å². The Morgan fingerprint density at radius 2 is 2.20 bits per heavy atom. The second kappa shape index (κ2) is 4.94. The quantitative estimate of drug-likeness (QED) is 0.872. The van der Waals surface area contributed by atoms with Crippen molar-refractivity contribution in [3.63, 3.8) is 0 Å². The molecule has 2 aromatic rings. The van der Waals surface area contributed by atoms with Crippen LogP contribution in [0.25, 0.3) is 10.2 Å². The maximum Gasteiger partial charge on any atom is 0.346 e. The predicted octanol–water partition coefficient (Wildman–Crippen LogP) is 0.918. The van der Waals surface area contributed by atoms with Gasteiger partial charge in [0.1, 0.15) is 9.71 Å². The number of nitrogens with zero attached hydrogens (tertiary/aromatic N) is 2. The molecular formula is C12H11N3O4S. The topological polar surface area (TPSA) is 116 Å². The molecule has 2 rings (SSSR count). The lowest BCUT2D eigenvalue weighted by atomic mass is 10.2. The Balaban J connectivity index is 2.79. The van der Waals surface area contributed by atoms with Crippen LogP contribution in [0.2, 0.25) is 0 Å². The Morgan fingerprint density at radius 3 is 2.75 bits per heavy atom. The Bertz CT molecular complexity index is 852. The van der Waals surface area contributed by atoms with E-state index < -0.39 is 23.1 Å². The van der Waals surface area contributed by atoms with Gasteiger partial charge in [-0.25, -0.2) is 9.59 Å². The molecule has 0 saturated carbocycles. The molecule has 0 saturated heterocycles. The standard InChI is InChI=1S/C12H11N3O4S/c1-5(3-13)4-15-10(16)7-6(2)8(11(17)18)20-9(7)14-12(15)19/h5H,4H2,1-2H3,(H,14,19)(H,17,18). The molecule has 0 bridgehead atoms. The SMILES string of the molecule is Cc1c(C(=O)O)sc2[nH]c(=O)n(CC(C)C#N)c(=O)c12. The molecule has 0 aliphatic rings. The molecule has 0 aliphatic heterocycles. The molecule has 1 unspecified atom stereocenters. The lowest BCUT2D eigenvalue weighted by Crippen LogP contribution is -2.36. The van der Waals surface area contributed by atoms with Crippen LogP contribution in [0.4, 0.5) is 0 Å². The molecule has 0 aliphatic carbocycles. The van der Waals surface area contributed by atoms with E-state index in [2.05, 4.69) is 4.98 Å². The van der Waals surface area contributed by atoms with Gasteiger partial charge in [-0.05, 0) is 19.4 Å². The number of nitrogens with one attached hydrogen (secondary N) is 1. The molecule has 0 amide bonds. The summed E-state index contributed by atoms with van der Waals surface area (Å²) in [6, 6.07) is 1.95. The van der Waals surface area contributed by atoms with E-state index in [-0.39, 0.29) is 21.6 Å². The summed E-state index contributed by atoms with van der Waals surface area (Å²) >= 11 is 0.860. The van der Waals surface area contributed by atoms with E-state index in [9.17, 15) is 14.4 Å². The number of aromatic carboxylic acids is 1. The number of hydrogen-bond acceptors (Lipinski definition) is 5. The first-order valence-electron chi connectivity index (χ1n) is 5.76. The van der Waals surface area contributed by atoms with Crippen LogP contribution in [0.5, 0.6) is 0 Å². The molecular weight excluding hydrogens is 282 g/mol. The predicted molar refractivity (Wildman–Crippen MR) is 73.2 cm³/mol. The van der Waals surface area contributed by atoms with Crippen LogP contribution < -0.4 is 11.2 Å². The lowest BCUT2D eigenvalue weighted by Gasteiger charge is -2.05. The number of H-pyrrole nitrogens is 1. The molecule has 0 radical (unpaired) electrons. The van der Waals surface area contributed by atoms with Crippen LogP contribution >= 0.6 is 11.3 Å². The van der Waals surface area contributed by atoms with E-state index in [1.807, 2.05) is 6.07 Å². The number of rotatable bonds is 3. The first kappa shape index (κ1) is 14.0. The van der Waals surface area contributed by atoms with Crippen molar-refractivity contribution in [1.82, 2.24) is 9.55 Å². The minimum absolute atomic E-state index is 0.0267. The molecule has 2 aromatic heterocycles. The summed E-state index contributed by atoms with van der Waals surface area (Å²) in [5, 5.41) is 18.0. The van der Waals surface area contributed by atoms with Crippen molar-refractivity contribution in [2.45, 2.75) is 20.4 Å². The highest BCUT2D eigenvalue weighted by atomic mass is 32.1. The summed E-state index contributed by atoms with van der Waals surface area (Å²) in [6.45, 7) is 3.09. The second-order valence-electron chi connectivity index (χ2n) is 4.44. The van der Waals surface area contributed by atoms with Gasteiger partial charge in [-0.3, -0.25) is 14.3 Å². The first-order valence-corrected chi connectivity index (χ1v) is 6.57. The zero-order chi connectivity index (χ0) is 15.0. The fourth-order valence-electron chi connectivity index (χ4n) is 1.94. The lowest BCUT2D eigenvalue weighted by molar-refractivity contribution is 0.0701. The van der Waals surface area contributed by atoms with Crippen molar-refractivity contribution >= 4 is 27.5 Å². The average Bonchev–Trinajstić information content (AvgIpc) is 2.71. The van der Waals surface area contributed by atoms with Gasteiger partial charge in [0, 0.05) is 6.54 Å². The molecule has 0 fully saturated rings. The van der Waals surface area contributed by atoms with Gasteiger partial charge in [-0.15, -0.1) is 11.3 Å². The molecule has 104 valence electrons. The van der Waals surface area contributed by atoms with Crippen LogP contribution in [0.1, 0.15) is 22.2 Å². The summed E-state index contributed by atoms with van der Waals surface area (Å²) in [7, 11) is 0. The fraction of sp³-hybridized carbons (Fsp3) is 0.333. The van der Waals surface area contributed by atoms with Gasteiger partial charge in [0.15, 0.2) is 0 Å². The summed E-state index contributed by atoms with van der Waals surface area (Å²) in [6.07, 6.45) is 0. The van der Waals surface area contributed by atoms with E-state index in [4.69, 9.17) is 10.4 Å². The van der Waals surface area contributed by atoms with Gasteiger partial charge in [-0.2, -0.15) is 5.26 Å². The molecule has 8 heteroatoms. The van der Waals surface area contributed by atoms with Gasteiger partial charge in [0.2, 0.25) is 0 Å². The third-order valence-corrected chi connectivity index (χ3v) is 4.14. The molecule has 7 nitrogen and oxygen atoms in total. The second-order valence-corrected chi connectivity index (χ2v) is 5.46. The zero-order valence-corrected chi connectivity index (χ0v) is 11.6. The monoisotopic (exact) mass is 293 g/mol. The Hall–Kier alpha value is -2.40. The van der Waals surface area contributed by atoms with Gasteiger partial charge in [-0.1, -0.05) is 0 Å². The van der Waals surface area contributed by atoms with Gasteiger partial charge in [0.25, 0.3) is 5.56 Å². The Labute approximate surface area is 116 Å². The number of thiophene rings is 1. The molecule has 20 heavy (non-hydrogen) atoms. The van der Waals surface area contributed by atoms with E-state index in [1.165, 1.54) is 6.92 Å². The van der Waals surface area contributed by atoms with Crippen LogP contribution in [0.3, 0.4) is 0 Å². The van der Waals surface area contributed by atoms with E-state index >= 15 is 0 Å². The summed E-state index contributed by atoms with van der Waals surface area (Å²) < 4.78 is 0.932. The smallest absolute Gasteiger partial charge is 0.346 e. The number of carbonyl (C=O) groups is 1. The van der Waals surface area contributed by atoms with Crippen molar-refractivity contribution < 1.29 is 9.90 Å². The minimum atomic E-state index is -1.14. The van der Waals surface area contributed by atoms with E-state index in [0.29, 0.717) is 5.56 Å². The van der Waals surface area contributed by atoms with Crippen molar-refractivity contribution in [1.29, 1.82) is 5.26 Å². The third-order valence-electron chi connectivity index (χ3n) is 2.94. The number of aromatic amines is 1.